The predicted molar refractivity (Wildman–Crippen MR) is 97.6 cm³/mol. The van der Waals surface area contributed by atoms with Gasteiger partial charge in [-0.25, -0.2) is 8.78 Å². The van der Waals surface area contributed by atoms with Crippen LogP contribution in [0.4, 0.5) is 8.78 Å². The predicted octanol–water partition coefficient (Wildman–Crippen LogP) is 3.37. The van der Waals surface area contributed by atoms with Crippen molar-refractivity contribution in [1.29, 1.82) is 0 Å². The first-order valence-corrected chi connectivity index (χ1v) is 9.40. The van der Waals surface area contributed by atoms with E-state index in [-0.39, 0.29) is 11.3 Å². The van der Waals surface area contributed by atoms with Crippen molar-refractivity contribution in [3.8, 4) is 0 Å². The topological polar surface area (TPSA) is 36.4 Å². The highest BCUT2D eigenvalue weighted by Gasteiger charge is 2.48. The Morgan fingerprint density at radius 1 is 1.04 bits per heavy atom. The van der Waals surface area contributed by atoms with Gasteiger partial charge >= 0.3 is 0 Å². The number of aromatic nitrogens is 1. The van der Waals surface area contributed by atoms with E-state index in [1.165, 1.54) is 6.07 Å². The maximum absolute atomic E-state index is 13.5. The molecule has 0 aliphatic carbocycles. The molecule has 1 atom stereocenters. The molecule has 1 spiro atoms. The molecule has 2 aromatic rings. The standard InChI is InChI=1S/C21H23F2N3O/c22-18-5-4-16(11-19(18)23)14-26-9-2-6-21(20(26)27)7-10-25(15-21)13-17-3-1-8-24-12-17/h1,3-5,8,11-12H,2,6-7,9-10,13-15H2/t21-/m0/s1. The maximum Gasteiger partial charge on any atom is 0.230 e. The maximum atomic E-state index is 13.5. The molecule has 6 heteroatoms. The summed E-state index contributed by atoms with van der Waals surface area (Å²) in [5.74, 6) is -1.58. The number of amides is 1. The van der Waals surface area contributed by atoms with Crippen molar-refractivity contribution >= 4 is 5.91 Å². The van der Waals surface area contributed by atoms with Gasteiger partial charge in [-0.1, -0.05) is 12.1 Å². The summed E-state index contributed by atoms with van der Waals surface area (Å²) in [6.45, 7) is 3.43. The van der Waals surface area contributed by atoms with Gasteiger partial charge in [-0.15, -0.1) is 0 Å². The van der Waals surface area contributed by atoms with Gasteiger partial charge in [0.15, 0.2) is 11.6 Å². The third kappa shape index (κ3) is 3.72. The van der Waals surface area contributed by atoms with E-state index in [1.54, 1.807) is 12.3 Å². The Morgan fingerprint density at radius 2 is 1.93 bits per heavy atom. The molecule has 3 heterocycles. The SMILES string of the molecule is O=C1N(Cc2ccc(F)c(F)c2)CCC[C@@]12CCN(Cc1cccnc1)C2. The van der Waals surface area contributed by atoms with Gasteiger partial charge in [0, 0.05) is 38.6 Å². The lowest BCUT2D eigenvalue weighted by atomic mass is 9.78. The van der Waals surface area contributed by atoms with E-state index < -0.39 is 11.6 Å². The molecule has 0 N–H and O–H groups in total. The summed E-state index contributed by atoms with van der Waals surface area (Å²) in [5, 5.41) is 0. The van der Waals surface area contributed by atoms with Gasteiger partial charge in [0.25, 0.3) is 0 Å². The second-order valence-electron chi connectivity index (χ2n) is 7.68. The Morgan fingerprint density at radius 3 is 2.70 bits per heavy atom. The van der Waals surface area contributed by atoms with E-state index in [1.807, 2.05) is 17.2 Å². The lowest BCUT2D eigenvalue weighted by molar-refractivity contribution is -0.146. The molecule has 0 bridgehead atoms. The first kappa shape index (κ1) is 18.0. The first-order valence-electron chi connectivity index (χ1n) is 9.40. The summed E-state index contributed by atoms with van der Waals surface area (Å²) in [4.78, 5) is 21.5. The normalized spacial score (nSPS) is 23.3. The molecule has 4 nitrogen and oxygen atoms in total. The Hall–Kier alpha value is -2.34. The van der Waals surface area contributed by atoms with Crippen molar-refractivity contribution in [2.75, 3.05) is 19.6 Å². The van der Waals surface area contributed by atoms with Crippen molar-refractivity contribution in [2.45, 2.75) is 32.4 Å². The van der Waals surface area contributed by atoms with Crippen LogP contribution in [0.25, 0.3) is 0 Å². The zero-order valence-electron chi connectivity index (χ0n) is 15.2. The van der Waals surface area contributed by atoms with E-state index in [9.17, 15) is 13.6 Å². The van der Waals surface area contributed by atoms with Crippen LogP contribution in [0.3, 0.4) is 0 Å². The highest BCUT2D eigenvalue weighted by Crippen LogP contribution is 2.41. The van der Waals surface area contributed by atoms with Crippen LogP contribution in [0, 0.1) is 17.0 Å². The molecule has 1 amide bonds. The molecule has 142 valence electrons. The number of carbonyl (C=O) groups excluding carboxylic acids is 1. The number of hydrogen-bond donors (Lipinski definition) is 0. The van der Waals surface area contributed by atoms with E-state index in [4.69, 9.17) is 0 Å². The van der Waals surface area contributed by atoms with Crippen LogP contribution in [-0.2, 0) is 17.9 Å². The summed E-state index contributed by atoms with van der Waals surface area (Å²) >= 11 is 0. The number of pyridine rings is 1. The van der Waals surface area contributed by atoms with Gasteiger partial charge in [-0.05, 0) is 55.1 Å². The summed E-state index contributed by atoms with van der Waals surface area (Å²) in [7, 11) is 0. The molecule has 1 aromatic heterocycles. The largest absolute Gasteiger partial charge is 0.338 e. The molecule has 1 aromatic carbocycles. The zero-order valence-corrected chi connectivity index (χ0v) is 15.2. The minimum absolute atomic E-state index is 0.146. The van der Waals surface area contributed by atoms with Gasteiger partial charge < -0.3 is 4.90 Å². The average Bonchev–Trinajstić information content (AvgIpc) is 3.06. The Labute approximate surface area is 157 Å². The molecule has 0 radical (unpaired) electrons. The molecular weight excluding hydrogens is 348 g/mol. The van der Waals surface area contributed by atoms with Crippen molar-refractivity contribution < 1.29 is 13.6 Å². The van der Waals surface area contributed by atoms with E-state index in [2.05, 4.69) is 16.0 Å². The van der Waals surface area contributed by atoms with Gasteiger partial charge in [-0.3, -0.25) is 14.7 Å². The molecule has 0 unspecified atom stereocenters. The van der Waals surface area contributed by atoms with E-state index in [0.717, 1.165) is 50.5 Å². The molecule has 4 rings (SSSR count). The second-order valence-corrected chi connectivity index (χ2v) is 7.68. The lowest BCUT2D eigenvalue weighted by Crippen LogP contribution is -2.49. The van der Waals surface area contributed by atoms with E-state index in [0.29, 0.717) is 18.7 Å². The van der Waals surface area contributed by atoms with Gasteiger partial charge in [0.2, 0.25) is 5.91 Å². The van der Waals surface area contributed by atoms with Gasteiger partial charge in [0.1, 0.15) is 0 Å². The fourth-order valence-electron chi connectivity index (χ4n) is 4.38. The zero-order chi connectivity index (χ0) is 18.9. The Kier molecular flexibility index (Phi) is 4.91. The smallest absolute Gasteiger partial charge is 0.230 e. The summed E-state index contributed by atoms with van der Waals surface area (Å²) < 4.78 is 26.6. The number of rotatable bonds is 4. The number of carbonyl (C=O) groups is 1. The number of halogens is 2. The Bertz CT molecular complexity index is 829. The monoisotopic (exact) mass is 371 g/mol. The average molecular weight is 371 g/mol. The lowest BCUT2D eigenvalue weighted by Gasteiger charge is -2.39. The Balaban J connectivity index is 1.44. The molecule has 27 heavy (non-hydrogen) atoms. The van der Waals surface area contributed by atoms with Crippen LogP contribution < -0.4 is 0 Å². The third-order valence-corrected chi connectivity index (χ3v) is 5.74. The fourth-order valence-corrected chi connectivity index (χ4v) is 4.38. The third-order valence-electron chi connectivity index (χ3n) is 5.74. The van der Waals surface area contributed by atoms with Crippen LogP contribution in [0.5, 0.6) is 0 Å². The summed E-state index contributed by atoms with van der Waals surface area (Å²) in [5.41, 5.74) is 1.43. The number of hydrogen-bond acceptors (Lipinski definition) is 3. The van der Waals surface area contributed by atoms with Crippen molar-refractivity contribution in [1.82, 2.24) is 14.8 Å². The van der Waals surface area contributed by atoms with Crippen molar-refractivity contribution in [3.63, 3.8) is 0 Å². The van der Waals surface area contributed by atoms with Crippen LogP contribution >= 0.6 is 0 Å². The van der Waals surface area contributed by atoms with Crippen LogP contribution in [0.2, 0.25) is 0 Å². The van der Waals surface area contributed by atoms with Crippen molar-refractivity contribution in [2.24, 2.45) is 5.41 Å². The first-order chi connectivity index (χ1) is 13.1. The number of piperidine rings is 1. The van der Waals surface area contributed by atoms with Crippen molar-refractivity contribution in [3.05, 3.63) is 65.5 Å². The molecule has 2 aliphatic rings. The van der Waals surface area contributed by atoms with Crippen LogP contribution in [-0.4, -0.2) is 40.3 Å². The molecule has 2 saturated heterocycles. The number of nitrogens with zero attached hydrogens (tertiary/aromatic N) is 3. The molecule has 2 fully saturated rings. The number of benzene rings is 1. The molecular formula is C21H23F2N3O. The quantitative estimate of drug-likeness (QED) is 0.827. The molecule has 0 saturated carbocycles. The van der Waals surface area contributed by atoms with Crippen LogP contribution in [0.15, 0.2) is 42.7 Å². The second kappa shape index (κ2) is 7.35. The number of likely N-dealkylation sites (tertiary alicyclic amines) is 2. The highest BCUT2D eigenvalue weighted by atomic mass is 19.2. The van der Waals surface area contributed by atoms with E-state index >= 15 is 0 Å². The fraction of sp³-hybridized carbons (Fsp3) is 0.429. The molecule has 2 aliphatic heterocycles. The summed E-state index contributed by atoms with van der Waals surface area (Å²) in [6.07, 6.45) is 6.30. The highest BCUT2D eigenvalue weighted by molar-refractivity contribution is 5.84. The van der Waals surface area contributed by atoms with Crippen LogP contribution in [0.1, 0.15) is 30.4 Å². The minimum Gasteiger partial charge on any atom is -0.338 e. The van der Waals surface area contributed by atoms with Gasteiger partial charge in [-0.2, -0.15) is 0 Å². The summed E-state index contributed by atoms with van der Waals surface area (Å²) in [6, 6.07) is 7.84. The minimum atomic E-state index is -0.866. The van der Waals surface area contributed by atoms with Gasteiger partial charge in [0.05, 0.1) is 5.41 Å².